The van der Waals surface area contributed by atoms with Crippen LogP contribution in [0.1, 0.15) is 51.8 Å². The number of benzene rings is 2. The Bertz CT molecular complexity index is 1060. The van der Waals surface area contributed by atoms with Crippen molar-refractivity contribution in [2.45, 2.75) is 32.6 Å². The van der Waals surface area contributed by atoms with Crippen LogP contribution in [-0.2, 0) is 12.8 Å². The Kier molecular flexibility index (Phi) is 4.70. The van der Waals surface area contributed by atoms with Crippen LogP contribution in [0.5, 0.6) is 0 Å². The van der Waals surface area contributed by atoms with Crippen molar-refractivity contribution in [1.29, 1.82) is 0 Å². The van der Waals surface area contributed by atoms with Crippen LogP contribution in [-0.4, -0.2) is 11.7 Å². The summed E-state index contributed by atoms with van der Waals surface area (Å²) in [7, 11) is 0. The van der Waals surface area contributed by atoms with Crippen molar-refractivity contribution in [3.63, 3.8) is 0 Å². The van der Waals surface area contributed by atoms with E-state index < -0.39 is 5.91 Å². The molecule has 0 fully saturated rings. The van der Waals surface area contributed by atoms with Crippen molar-refractivity contribution in [2.24, 2.45) is 0 Å². The smallest absolute Gasteiger partial charge is 0.258 e. The van der Waals surface area contributed by atoms with Crippen LogP contribution in [0.2, 0.25) is 10.0 Å². The van der Waals surface area contributed by atoms with E-state index in [4.69, 9.17) is 27.6 Å². The molecule has 1 aromatic heterocycles. The second-order valence-electron chi connectivity index (χ2n) is 6.68. The third-order valence-electron chi connectivity index (χ3n) is 4.92. The first-order valence-corrected chi connectivity index (χ1v) is 9.56. The molecule has 4 nitrogen and oxygen atoms in total. The molecular weight excluding hydrogens is 385 g/mol. The third kappa shape index (κ3) is 3.13. The lowest BCUT2D eigenvalue weighted by molar-refractivity contribution is 0.101. The van der Waals surface area contributed by atoms with E-state index in [-0.39, 0.29) is 21.4 Å². The van der Waals surface area contributed by atoms with Gasteiger partial charge in [-0.1, -0.05) is 29.3 Å². The van der Waals surface area contributed by atoms with Crippen molar-refractivity contribution in [1.82, 2.24) is 0 Å². The highest BCUT2D eigenvalue weighted by Gasteiger charge is 2.24. The molecule has 0 atom stereocenters. The number of carbonyl (C=O) groups is 2. The van der Waals surface area contributed by atoms with E-state index in [1.807, 2.05) is 0 Å². The molecule has 0 spiro atoms. The van der Waals surface area contributed by atoms with Gasteiger partial charge in [-0.05, 0) is 50.5 Å². The fourth-order valence-corrected chi connectivity index (χ4v) is 4.23. The minimum Gasteiger partial charge on any atom is -0.459 e. The van der Waals surface area contributed by atoms with Gasteiger partial charge in [0.15, 0.2) is 11.4 Å². The second kappa shape index (κ2) is 7.02. The maximum absolute atomic E-state index is 12.8. The van der Waals surface area contributed by atoms with E-state index in [0.29, 0.717) is 16.8 Å². The molecule has 0 radical (unpaired) electrons. The number of anilines is 1. The first-order chi connectivity index (χ1) is 13.0. The van der Waals surface area contributed by atoms with Crippen LogP contribution in [0.3, 0.4) is 0 Å². The lowest BCUT2D eigenvalue weighted by atomic mass is 9.93. The molecule has 2 aromatic carbocycles. The number of rotatable bonds is 3. The minimum atomic E-state index is -0.420. The Balaban J connectivity index is 1.83. The number of aryl methyl sites for hydroxylation is 2. The Hall–Kier alpha value is -2.30. The molecule has 6 heteroatoms. The number of Topliss-reactive ketones (excluding diaryl/α,β-unsaturated/α-hetero) is 1. The highest BCUT2D eigenvalue weighted by atomic mass is 35.5. The summed E-state index contributed by atoms with van der Waals surface area (Å²) >= 11 is 12.3. The van der Waals surface area contributed by atoms with Crippen molar-refractivity contribution in [3.8, 4) is 0 Å². The number of ketones is 1. The van der Waals surface area contributed by atoms with Crippen molar-refractivity contribution < 1.29 is 14.0 Å². The number of amides is 1. The number of fused-ring (bicyclic) bond motifs is 3. The second-order valence-corrected chi connectivity index (χ2v) is 7.50. The summed E-state index contributed by atoms with van der Waals surface area (Å²) in [6.45, 7) is 1.54. The SMILES string of the molecule is CC(=O)c1ccc(NC(=O)c2c(Cl)cccc2Cl)c2oc3c(c12)CCCC3. The number of furan rings is 1. The maximum Gasteiger partial charge on any atom is 0.258 e. The van der Waals surface area contributed by atoms with Gasteiger partial charge in [0.05, 0.1) is 21.3 Å². The van der Waals surface area contributed by atoms with Crippen LogP contribution >= 0.6 is 23.2 Å². The molecule has 1 amide bonds. The first-order valence-electron chi connectivity index (χ1n) is 8.81. The zero-order chi connectivity index (χ0) is 19.1. The lowest BCUT2D eigenvalue weighted by Gasteiger charge is -2.11. The van der Waals surface area contributed by atoms with Gasteiger partial charge in [0, 0.05) is 22.9 Å². The van der Waals surface area contributed by atoms with Crippen LogP contribution in [0.15, 0.2) is 34.7 Å². The van der Waals surface area contributed by atoms with Crippen LogP contribution < -0.4 is 5.32 Å². The Morgan fingerprint density at radius 1 is 1.04 bits per heavy atom. The zero-order valence-electron chi connectivity index (χ0n) is 14.7. The minimum absolute atomic E-state index is 0.0267. The molecule has 0 aliphatic heterocycles. The molecular formula is C21H17Cl2NO3. The quantitative estimate of drug-likeness (QED) is 0.541. The molecule has 138 valence electrons. The number of hydrogen-bond donors (Lipinski definition) is 1. The Labute approximate surface area is 166 Å². The molecule has 1 heterocycles. The summed E-state index contributed by atoms with van der Waals surface area (Å²) < 4.78 is 6.08. The highest BCUT2D eigenvalue weighted by molar-refractivity contribution is 6.40. The largest absolute Gasteiger partial charge is 0.459 e. The van der Waals surface area contributed by atoms with Gasteiger partial charge in [-0.3, -0.25) is 9.59 Å². The van der Waals surface area contributed by atoms with E-state index in [9.17, 15) is 9.59 Å². The van der Waals surface area contributed by atoms with E-state index in [2.05, 4.69) is 5.32 Å². The molecule has 0 bridgehead atoms. The van der Waals surface area contributed by atoms with Crippen molar-refractivity contribution in [2.75, 3.05) is 5.32 Å². The predicted molar refractivity (Wildman–Crippen MR) is 107 cm³/mol. The Morgan fingerprint density at radius 2 is 1.74 bits per heavy atom. The van der Waals surface area contributed by atoms with Crippen LogP contribution in [0, 0.1) is 0 Å². The summed E-state index contributed by atoms with van der Waals surface area (Å²) in [5, 5.41) is 4.20. The molecule has 4 rings (SSSR count). The molecule has 1 aliphatic carbocycles. The summed E-state index contributed by atoms with van der Waals surface area (Å²) in [5.41, 5.74) is 2.94. The average Bonchev–Trinajstić information content (AvgIpc) is 3.01. The number of nitrogens with one attached hydrogen (secondary N) is 1. The van der Waals surface area contributed by atoms with E-state index >= 15 is 0 Å². The maximum atomic E-state index is 12.8. The summed E-state index contributed by atoms with van der Waals surface area (Å²) in [5.74, 6) is 0.453. The zero-order valence-corrected chi connectivity index (χ0v) is 16.2. The predicted octanol–water partition coefficient (Wildman–Crippen LogP) is 6.07. The van der Waals surface area contributed by atoms with Gasteiger partial charge >= 0.3 is 0 Å². The van der Waals surface area contributed by atoms with E-state index in [1.165, 1.54) is 0 Å². The number of hydrogen-bond acceptors (Lipinski definition) is 3. The monoisotopic (exact) mass is 401 g/mol. The van der Waals surface area contributed by atoms with Gasteiger partial charge < -0.3 is 9.73 Å². The fourth-order valence-electron chi connectivity index (χ4n) is 3.66. The molecule has 3 aromatic rings. The number of halogens is 2. The summed E-state index contributed by atoms with van der Waals surface area (Å²) in [6.07, 6.45) is 3.82. The van der Waals surface area contributed by atoms with Gasteiger partial charge in [0.1, 0.15) is 5.76 Å². The highest BCUT2D eigenvalue weighted by Crippen LogP contribution is 2.38. The summed E-state index contributed by atoms with van der Waals surface area (Å²) in [6, 6.07) is 8.34. The third-order valence-corrected chi connectivity index (χ3v) is 5.55. The molecule has 1 N–H and O–H groups in total. The molecule has 0 saturated carbocycles. The van der Waals surface area contributed by atoms with Gasteiger partial charge in [-0.25, -0.2) is 0 Å². The van der Waals surface area contributed by atoms with E-state index in [0.717, 1.165) is 42.4 Å². The van der Waals surface area contributed by atoms with Crippen LogP contribution in [0.4, 0.5) is 5.69 Å². The lowest BCUT2D eigenvalue weighted by Crippen LogP contribution is -2.13. The van der Waals surface area contributed by atoms with Crippen molar-refractivity contribution >= 4 is 51.5 Å². The summed E-state index contributed by atoms with van der Waals surface area (Å²) in [4.78, 5) is 24.9. The first kappa shape index (κ1) is 18.1. The average molecular weight is 402 g/mol. The van der Waals surface area contributed by atoms with E-state index in [1.54, 1.807) is 37.3 Å². The topological polar surface area (TPSA) is 59.3 Å². The van der Waals surface area contributed by atoms with Crippen LogP contribution in [0.25, 0.3) is 11.0 Å². The standard InChI is InChI=1S/C21H17Cl2NO3/c1-11(25)12-9-10-16(20-18(12)13-5-2-3-8-17(13)27-20)24-21(26)19-14(22)6-4-7-15(19)23/h4,6-7,9-10H,2-3,5,8H2,1H3,(H,24,26). The van der Waals surface area contributed by atoms with Gasteiger partial charge in [0.25, 0.3) is 5.91 Å². The Morgan fingerprint density at radius 3 is 2.44 bits per heavy atom. The molecule has 0 saturated heterocycles. The van der Waals surface area contributed by atoms with Gasteiger partial charge in [-0.2, -0.15) is 0 Å². The van der Waals surface area contributed by atoms with Gasteiger partial charge in [0.2, 0.25) is 0 Å². The molecule has 1 aliphatic rings. The molecule has 0 unspecified atom stereocenters. The molecule has 27 heavy (non-hydrogen) atoms. The fraction of sp³-hybridized carbons (Fsp3) is 0.238. The normalized spacial score (nSPS) is 13.4. The van der Waals surface area contributed by atoms with Gasteiger partial charge in [-0.15, -0.1) is 0 Å². The number of carbonyl (C=O) groups excluding carboxylic acids is 2. The van der Waals surface area contributed by atoms with Crippen molar-refractivity contribution in [3.05, 3.63) is 62.8 Å².